The molecule has 1 N–H and O–H groups in total. The molecule has 1 amide bonds. The molecular formula is C24H20ClFN6O. The molecule has 0 saturated heterocycles. The number of nitrogens with zero attached hydrogens (tertiary/aromatic N) is 5. The minimum Gasteiger partial charge on any atom is -0.325 e. The van der Waals surface area contributed by atoms with Crippen molar-refractivity contribution in [2.75, 3.05) is 16.8 Å². The van der Waals surface area contributed by atoms with E-state index in [2.05, 4.69) is 20.4 Å². The maximum absolute atomic E-state index is 15.2. The molecule has 33 heavy (non-hydrogen) atoms. The number of aryl methyl sites for hydroxylation is 1. The predicted molar refractivity (Wildman–Crippen MR) is 125 cm³/mol. The summed E-state index contributed by atoms with van der Waals surface area (Å²) in [4.78, 5) is 22.9. The molecule has 0 spiro atoms. The van der Waals surface area contributed by atoms with E-state index >= 15 is 4.39 Å². The maximum atomic E-state index is 15.2. The van der Waals surface area contributed by atoms with Crippen LogP contribution in [-0.4, -0.2) is 32.2 Å². The number of anilines is 3. The highest BCUT2D eigenvalue weighted by Gasteiger charge is 2.29. The number of aromatic nitrogens is 4. The fourth-order valence-corrected chi connectivity index (χ4v) is 4.19. The highest BCUT2D eigenvalue weighted by Crippen LogP contribution is 2.36. The van der Waals surface area contributed by atoms with Crippen molar-refractivity contribution in [3.63, 3.8) is 0 Å². The van der Waals surface area contributed by atoms with Crippen LogP contribution in [0.1, 0.15) is 11.3 Å². The lowest BCUT2D eigenvalue weighted by molar-refractivity contribution is -0.118. The van der Waals surface area contributed by atoms with Crippen molar-refractivity contribution in [2.45, 2.75) is 12.8 Å². The van der Waals surface area contributed by atoms with Gasteiger partial charge in [-0.1, -0.05) is 11.6 Å². The Bertz CT molecular complexity index is 1350. The van der Waals surface area contributed by atoms with Gasteiger partial charge in [0.15, 0.2) is 0 Å². The average molecular weight is 463 g/mol. The molecule has 0 bridgehead atoms. The SMILES string of the molecule is Cn1nccc1Nc1cc(-c2cc(F)c3c(c2)CCN3C(=O)Cc2ncccc2Cl)ccn1. The second-order valence-corrected chi connectivity index (χ2v) is 8.17. The van der Waals surface area contributed by atoms with Crippen LogP contribution in [0.25, 0.3) is 11.1 Å². The van der Waals surface area contributed by atoms with E-state index in [-0.39, 0.29) is 12.3 Å². The van der Waals surface area contributed by atoms with Gasteiger partial charge in [-0.2, -0.15) is 5.10 Å². The number of hydrogen-bond acceptors (Lipinski definition) is 5. The molecule has 3 aromatic heterocycles. The van der Waals surface area contributed by atoms with Gasteiger partial charge in [0, 0.05) is 32.1 Å². The zero-order chi connectivity index (χ0) is 22.9. The maximum Gasteiger partial charge on any atom is 0.233 e. The first-order valence-electron chi connectivity index (χ1n) is 10.4. The van der Waals surface area contributed by atoms with Crippen molar-refractivity contribution in [1.29, 1.82) is 0 Å². The Morgan fingerprint density at radius 1 is 1.12 bits per heavy atom. The van der Waals surface area contributed by atoms with Gasteiger partial charge in [-0.15, -0.1) is 0 Å². The van der Waals surface area contributed by atoms with Crippen molar-refractivity contribution >= 4 is 34.8 Å². The van der Waals surface area contributed by atoms with E-state index in [9.17, 15) is 4.79 Å². The summed E-state index contributed by atoms with van der Waals surface area (Å²) in [5, 5.41) is 7.76. The van der Waals surface area contributed by atoms with Crippen molar-refractivity contribution < 1.29 is 9.18 Å². The zero-order valence-electron chi connectivity index (χ0n) is 17.8. The molecule has 0 aliphatic carbocycles. The Kier molecular flexibility index (Phi) is 5.51. The minimum absolute atomic E-state index is 0.0215. The van der Waals surface area contributed by atoms with Crippen molar-refractivity contribution in [1.82, 2.24) is 19.7 Å². The highest BCUT2D eigenvalue weighted by atomic mass is 35.5. The van der Waals surface area contributed by atoms with Gasteiger partial charge in [0.05, 0.1) is 29.0 Å². The highest BCUT2D eigenvalue weighted by molar-refractivity contribution is 6.31. The molecule has 0 fully saturated rings. The number of rotatable bonds is 5. The first kappa shape index (κ1) is 21.1. The molecule has 0 saturated carbocycles. The number of benzene rings is 1. The lowest BCUT2D eigenvalue weighted by Gasteiger charge is -2.18. The monoisotopic (exact) mass is 462 g/mol. The summed E-state index contributed by atoms with van der Waals surface area (Å²) in [6.45, 7) is 0.419. The number of nitrogens with one attached hydrogen (secondary N) is 1. The second-order valence-electron chi connectivity index (χ2n) is 7.76. The summed E-state index contributed by atoms with van der Waals surface area (Å²) in [6.07, 6.45) is 5.55. The number of amides is 1. The third-order valence-corrected chi connectivity index (χ3v) is 5.99. The van der Waals surface area contributed by atoms with Crippen LogP contribution < -0.4 is 10.2 Å². The molecule has 1 aromatic carbocycles. The Balaban J connectivity index is 1.40. The smallest absolute Gasteiger partial charge is 0.233 e. The molecular weight excluding hydrogens is 443 g/mol. The van der Waals surface area contributed by atoms with E-state index < -0.39 is 5.82 Å². The topological polar surface area (TPSA) is 75.9 Å². The lowest BCUT2D eigenvalue weighted by Crippen LogP contribution is -2.31. The van der Waals surface area contributed by atoms with Gasteiger partial charge in [-0.3, -0.25) is 14.5 Å². The van der Waals surface area contributed by atoms with Crippen LogP contribution in [0, 0.1) is 5.82 Å². The van der Waals surface area contributed by atoms with Crippen LogP contribution in [0.15, 0.2) is 61.1 Å². The van der Waals surface area contributed by atoms with Crippen LogP contribution in [0.3, 0.4) is 0 Å². The summed E-state index contributed by atoms with van der Waals surface area (Å²) in [5.41, 5.74) is 3.16. The lowest BCUT2D eigenvalue weighted by atomic mass is 10.0. The Hall–Kier alpha value is -3.78. The van der Waals surface area contributed by atoms with Gasteiger partial charge in [0.25, 0.3) is 0 Å². The number of halogens is 2. The van der Waals surface area contributed by atoms with Crippen LogP contribution >= 0.6 is 11.6 Å². The van der Waals surface area contributed by atoms with Crippen molar-refractivity contribution in [3.8, 4) is 11.1 Å². The standard InChI is InChI=1S/C24H20ClFN6O/c1-31-22(5-9-29-31)30-21-13-15(4-8-28-21)17-11-16-6-10-32(24(16)19(26)12-17)23(33)14-20-18(25)3-2-7-27-20/h2-5,7-9,11-13H,6,10,14H2,1H3,(H,28,30). The van der Waals surface area contributed by atoms with E-state index in [1.807, 2.05) is 31.3 Å². The van der Waals surface area contributed by atoms with Gasteiger partial charge < -0.3 is 10.2 Å². The molecule has 1 aliphatic rings. The van der Waals surface area contributed by atoms with E-state index in [1.54, 1.807) is 35.4 Å². The Labute approximate surface area is 194 Å². The molecule has 5 rings (SSSR count). The van der Waals surface area contributed by atoms with E-state index in [1.165, 1.54) is 11.0 Å². The van der Waals surface area contributed by atoms with E-state index in [0.717, 1.165) is 22.5 Å². The molecule has 0 radical (unpaired) electrons. The summed E-state index contributed by atoms with van der Waals surface area (Å²) in [6, 6.07) is 12.3. The molecule has 0 atom stereocenters. The second kappa shape index (κ2) is 8.63. The van der Waals surface area contributed by atoms with Gasteiger partial charge in [-0.25, -0.2) is 9.37 Å². The fourth-order valence-electron chi connectivity index (χ4n) is 4.00. The van der Waals surface area contributed by atoms with Crippen LogP contribution in [0.5, 0.6) is 0 Å². The molecule has 1 aliphatic heterocycles. The number of hydrogen-bond donors (Lipinski definition) is 1. The zero-order valence-corrected chi connectivity index (χ0v) is 18.6. The summed E-state index contributed by atoms with van der Waals surface area (Å²) in [7, 11) is 1.83. The third kappa shape index (κ3) is 4.17. The van der Waals surface area contributed by atoms with Crippen LogP contribution in [-0.2, 0) is 24.7 Å². The van der Waals surface area contributed by atoms with E-state index in [4.69, 9.17) is 11.6 Å². The molecule has 4 heterocycles. The normalized spacial score (nSPS) is 12.6. The quantitative estimate of drug-likeness (QED) is 0.471. The summed E-state index contributed by atoms with van der Waals surface area (Å²) < 4.78 is 16.9. The largest absolute Gasteiger partial charge is 0.325 e. The Morgan fingerprint density at radius 2 is 2.00 bits per heavy atom. The van der Waals surface area contributed by atoms with E-state index in [0.29, 0.717) is 35.2 Å². The van der Waals surface area contributed by atoms with Crippen molar-refractivity contribution in [3.05, 3.63) is 83.2 Å². The van der Waals surface area contributed by atoms with Gasteiger partial charge in [0.2, 0.25) is 5.91 Å². The first-order chi connectivity index (χ1) is 16.0. The number of carbonyl (C=O) groups excluding carboxylic acids is 1. The third-order valence-electron chi connectivity index (χ3n) is 5.64. The predicted octanol–water partition coefficient (Wildman–Crippen LogP) is 4.55. The average Bonchev–Trinajstić information content (AvgIpc) is 3.42. The molecule has 9 heteroatoms. The molecule has 4 aromatic rings. The number of pyridine rings is 2. The van der Waals surface area contributed by atoms with Gasteiger partial charge >= 0.3 is 0 Å². The number of carbonyl (C=O) groups is 1. The molecule has 166 valence electrons. The van der Waals surface area contributed by atoms with Crippen LogP contribution in [0.4, 0.5) is 21.7 Å². The van der Waals surface area contributed by atoms with Gasteiger partial charge in [0.1, 0.15) is 17.5 Å². The first-order valence-corrected chi connectivity index (χ1v) is 10.8. The van der Waals surface area contributed by atoms with Crippen molar-refractivity contribution in [2.24, 2.45) is 7.05 Å². The number of fused-ring (bicyclic) bond motifs is 1. The molecule has 7 nitrogen and oxygen atoms in total. The Morgan fingerprint density at radius 3 is 2.79 bits per heavy atom. The fraction of sp³-hybridized carbons (Fsp3) is 0.167. The summed E-state index contributed by atoms with van der Waals surface area (Å²) >= 11 is 6.14. The van der Waals surface area contributed by atoms with Gasteiger partial charge in [-0.05, 0) is 59.5 Å². The summed E-state index contributed by atoms with van der Waals surface area (Å²) in [5.74, 6) is 0.758. The molecule has 0 unspecified atom stereocenters. The van der Waals surface area contributed by atoms with Crippen LogP contribution in [0.2, 0.25) is 5.02 Å². The minimum atomic E-state index is -0.432.